The Morgan fingerprint density at radius 3 is 2.93 bits per heavy atom. The van der Waals surface area contributed by atoms with E-state index in [0.717, 1.165) is 5.82 Å². The summed E-state index contributed by atoms with van der Waals surface area (Å²) >= 11 is 0. The Labute approximate surface area is 83.0 Å². The van der Waals surface area contributed by atoms with E-state index in [1.807, 2.05) is 7.05 Å². The van der Waals surface area contributed by atoms with Crippen LogP contribution in [0.5, 0.6) is 0 Å². The molecule has 1 fully saturated rings. The summed E-state index contributed by atoms with van der Waals surface area (Å²) in [5.41, 5.74) is 6.65. The second-order valence-corrected chi connectivity index (χ2v) is 3.59. The van der Waals surface area contributed by atoms with Crippen molar-refractivity contribution in [1.29, 1.82) is 5.26 Å². The maximum absolute atomic E-state index is 8.92. The number of pyridine rings is 1. The fourth-order valence-electron chi connectivity index (χ4n) is 1.47. The van der Waals surface area contributed by atoms with Crippen LogP contribution >= 0.6 is 0 Å². The highest BCUT2D eigenvalue weighted by atomic mass is 15.2. The van der Waals surface area contributed by atoms with Crippen LogP contribution in [-0.2, 0) is 0 Å². The molecular formula is C10H12N4. The number of nitriles is 1. The smallest absolute Gasteiger partial charge is 0.146 e. The molecule has 1 aliphatic rings. The Morgan fingerprint density at radius 1 is 1.64 bits per heavy atom. The molecule has 0 radical (unpaired) electrons. The van der Waals surface area contributed by atoms with Crippen molar-refractivity contribution in [3.05, 3.63) is 17.8 Å². The first-order chi connectivity index (χ1) is 6.72. The quantitative estimate of drug-likeness (QED) is 0.755. The van der Waals surface area contributed by atoms with E-state index in [1.54, 1.807) is 12.3 Å². The van der Waals surface area contributed by atoms with Crippen molar-refractivity contribution < 1.29 is 0 Å². The molecule has 14 heavy (non-hydrogen) atoms. The predicted octanol–water partition coefficient (Wildman–Crippen LogP) is 1.13. The second-order valence-electron chi connectivity index (χ2n) is 3.59. The molecule has 0 amide bonds. The van der Waals surface area contributed by atoms with Gasteiger partial charge in [0.25, 0.3) is 0 Å². The first-order valence-electron chi connectivity index (χ1n) is 4.61. The summed E-state index contributed by atoms with van der Waals surface area (Å²) in [4.78, 5) is 6.24. The van der Waals surface area contributed by atoms with Crippen molar-refractivity contribution >= 4 is 11.5 Å². The van der Waals surface area contributed by atoms with Gasteiger partial charge in [0.2, 0.25) is 0 Å². The Bertz CT molecular complexity index is 390. The van der Waals surface area contributed by atoms with Crippen molar-refractivity contribution in [3.8, 4) is 6.07 Å². The van der Waals surface area contributed by atoms with E-state index in [9.17, 15) is 0 Å². The Hall–Kier alpha value is -1.76. The lowest BCUT2D eigenvalue weighted by molar-refractivity contribution is 0.890. The molecule has 4 nitrogen and oxygen atoms in total. The minimum Gasteiger partial charge on any atom is -0.397 e. The van der Waals surface area contributed by atoms with Gasteiger partial charge in [0, 0.05) is 13.1 Å². The number of nitrogen functional groups attached to an aromatic ring is 1. The molecule has 1 aromatic rings. The van der Waals surface area contributed by atoms with Gasteiger partial charge >= 0.3 is 0 Å². The minimum absolute atomic E-state index is 0.537. The maximum Gasteiger partial charge on any atom is 0.146 e. The standard InChI is InChI=1S/C10H12N4/c1-14(9-2-3-9)10-7(5-11)4-8(12)6-13-10/h4,6,9H,2-3,12H2,1H3. The van der Waals surface area contributed by atoms with Gasteiger partial charge < -0.3 is 10.6 Å². The van der Waals surface area contributed by atoms with E-state index in [1.165, 1.54) is 12.8 Å². The van der Waals surface area contributed by atoms with Crippen LogP contribution in [0.15, 0.2) is 12.3 Å². The van der Waals surface area contributed by atoms with Crippen LogP contribution in [0.3, 0.4) is 0 Å². The second kappa shape index (κ2) is 3.18. The normalized spacial score (nSPS) is 14.9. The SMILES string of the molecule is CN(c1ncc(N)cc1C#N)C1CC1. The van der Waals surface area contributed by atoms with Crippen molar-refractivity contribution in [2.75, 3.05) is 17.7 Å². The van der Waals surface area contributed by atoms with Gasteiger partial charge in [0.05, 0.1) is 17.4 Å². The molecule has 0 bridgehead atoms. The molecule has 1 heterocycles. The average molecular weight is 188 g/mol. The van der Waals surface area contributed by atoms with Crippen LogP contribution in [-0.4, -0.2) is 18.1 Å². The van der Waals surface area contributed by atoms with Crippen LogP contribution < -0.4 is 10.6 Å². The number of nitrogens with two attached hydrogens (primary N) is 1. The maximum atomic E-state index is 8.92. The summed E-state index contributed by atoms with van der Waals surface area (Å²) in [7, 11) is 1.97. The Balaban J connectivity index is 2.36. The highest BCUT2D eigenvalue weighted by Crippen LogP contribution is 2.30. The van der Waals surface area contributed by atoms with E-state index >= 15 is 0 Å². The highest BCUT2D eigenvalue weighted by molar-refractivity contribution is 5.59. The summed E-state index contributed by atoms with van der Waals surface area (Å²) in [6.07, 6.45) is 3.97. The van der Waals surface area contributed by atoms with E-state index < -0.39 is 0 Å². The number of aromatic nitrogens is 1. The number of hydrogen-bond acceptors (Lipinski definition) is 4. The van der Waals surface area contributed by atoms with Crippen molar-refractivity contribution in [2.45, 2.75) is 18.9 Å². The lowest BCUT2D eigenvalue weighted by Gasteiger charge is -2.18. The van der Waals surface area contributed by atoms with Crippen LogP contribution in [0.1, 0.15) is 18.4 Å². The van der Waals surface area contributed by atoms with Crippen molar-refractivity contribution in [3.63, 3.8) is 0 Å². The summed E-state index contributed by atoms with van der Waals surface area (Å²) in [5.74, 6) is 0.740. The molecule has 0 aromatic carbocycles. The van der Waals surface area contributed by atoms with E-state index in [2.05, 4.69) is 16.0 Å². The molecule has 1 saturated carbocycles. The third-order valence-electron chi connectivity index (χ3n) is 2.44. The molecule has 0 saturated heterocycles. The molecule has 0 aliphatic heterocycles. The summed E-state index contributed by atoms with van der Waals surface area (Å²) in [6, 6.07) is 4.34. The molecule has 72 valence electrons. The molecule has 0 atom stereocenters. The van der Waals surface area contributed by atoms with Gasteiger partial charge in [-0.3, -0.25) is 0 Å². The first kappa shape index (κ1) is 8.82. The minimum atomic E-state index is 0.537. The summed E-state index contributed by atoms with van der Waals surface area (Å²) in [6.45, 7) is 0. The van der Waals surface area contributed by atoms with Gasteiger partial charge in [-0.1, -0.05) is 0 Å². The number of rotatable bonds is 2. The van der Waals surface area contributed by atoms with Gasteiger partial charge in [0.1, 0.15) is 11.9 Å². The zero-order valence-corrected chi connectivity index (χ0v) is 8.07. The number of anilines is 2. The van der Waals surface area contributed by atoms with Gasteiger partial charge in [0.15, 0.2) is 0 Å². The summed E-state index contributed by atoms with van der Waals surface area (Å²) < 4.78 is 0. The topological polar surface area (TPSA) is 65.9 Å². The van der Waals surface area contributed by atoms with E-state index in [-0.39, 0.29) is 0 Å². The fourth-order valence-corrected chi connectivity index (χ4v) is 1.47. The predicted molar refractivity (Wildman–Crippen MR) is 54.8 cm³/mol. The lowest BCUT2D eigenvalue weighted by atomic mass is 10.2. The molecule has 1 aromatic heterocycles. The molecule has 0 spiro atoms. The van der Waals surface area contributed by atoms with Gasteiger partial charge in [-0.2, -0.15) is 5.26 Å². The molecule has 4 heteroatoms. The fraction of sp³-hybridized carbons (Fsp3) is 0.400. The highest BCUT2D eigenvalue weighted by Gasteiger charge is 2.28. The number of nitrogens with zero attached hydrogens (tertiary/aromatic N) is 3. The van der Waals surface area contributed by atoms with Crippen molar-refractivity contribution in [1.82, 2.24) is 4.98 Å². The zero-order valence-electron chi connectivity index (χ0n) is 8.07. The summed E-state index contributed by atoms with van der Waals surface area (Å²) in [5, 5.41) is 8.92. The number of hydrogen-bond donors (Lipinski definition) is 1. The Kier molecular flexibility index (Phi) is 2.01. The van der Waals surface area contributed by atoms with Crippen molar-refractivity contribution in [2.24, 2.45) is 0 Å². The van der Waals surface area contributed by atoms with Crippen LogP contribution in [0, 0.1) is 11.3 Å². The third kappa shape index (κ3) is 1.49. The molecular weight excluding hydrogens is 176 g/mol. The lowest BCUT2D eigenvalue weighted by Crippen LogP contribution is -2.21. The van der Waals surface area contributed by atoms with E-state index in [0.29, 0.717) is 17.3 Å². The van der Waals surface area contributed by atoms with Crippen LogP contribution in [0.25, 0.3) is 0 Å². The molecule has 1 aliphatic carbocycles. The van der Waals surface area contributed by atoms with Gasteiger partial charge in [-0.15, -0.1) is 0 Å². The molecule has 2 N–H and O–H groups in total. The zero-order chi connectivity index (χ0) is 10.1. The molecule has 2 rings (SSSR count). The third-order valence-corrected chi connectivity index (χ3v) is 2.44. The van der Waals surface area contributed by atoms with Crippen LogP contribution in [0.2, 0.25) is 0 Å². The monoisotopic (exact) mass is 188 g/mol. The average Bonchev–Trinajstić information content (AvgIpc) is 3.00. The largest absolute Gasteiger partial charge is 0.397 e. The van der Waals surface area contributed by atoms with Gasteiger partial charge in [-0.25, -0.2) is 4.98 Å². The molecule has 0 unspecified atom stereocenters. The Morgan fingerprint density at radius 2 is 2.36 bits per heavy atom. The van der Waals surface area contributed by atoms with Gasteiger partial charge in [-0.05, 0) is 18.9 Å². The van der Waals surface area contributed by atoms with E-state index in [4.69, 9.17) is 11.0 Å². The van der Waals surface area contributed by atoms with Crippen LogP contribution in [0.4, 0.5) is 11.5 Å². The first-order valence-corrected chi connectivity index (χ1v) is 4.61.